The first kappa shape index (κ1) is 23.1. The third-order valence-corrected chi connectivity index (χ3v) is 6.57. The van der Waals surface area contributed by atoms with Crippen molar-refractivity contribution in [3.05, 3.63) is 107 Å². The normalized spacial score (nSPS) is 11.1. The van der Waals surface area contributed by atoms with Crippen LogP contribution in [0.25, 0.3) is 33.6 Å². The van der Waals surface area contributed by atoms with Crippen LogP contribution < -0.4 is 5.32 Å². The number of carbonyl (C=O) groups excluding carboxylic acids is 1. The Bertz CT molecular complexity index is 1910. The Morgan fingerprint density at radius 2 is 1.79 bits per heavy atom. The number of rotatable bonds is 4. The molecule has 38 heavy (non-hydrogen) atoms. The van der Waals surface area contributed by atoms with Gasteiger partial charge in [-0.05, 0) is 56.2 Å². The van der Waals surface area contributed by atoms with Gasteiger partial charge in [-0.1, -0.05) is 42.0 Å². The topological polar surface area (TPSA) is 101 Å². The number of nitrogens with zero attached hydrogens (tertiary/aromatic N) is 6. The van der Waals surface area contributed by atoms with Crippen LogP contribution in [-0.4, -0.2) is 30.1 Å². The van der Waals surface area contributed by atoms with Crippen molar-refractivity contribution in [3.8, 4) is 23.1 Å². The molecule has 6 aromatic rings. The largest absolute Gasteiger partial charge is 0.306 e. The third kappa shape index (κ3) is 3.96. The summed E-state index contributed by atoms with van der Waals surface area (Å²) in [5.74, 6) is 0.413. The van der Waals surface area contributed by atoms with Crippen LogP contribution >= 0.6 is 0 Å². The Labute approximate surface area is 218 Å². The molecule has 0 aliphatic rings. The summed E-state index contributed by atoms with van der Waals surface area (Å²) in [6, 6.07) is 21.5. The molecule has 0 bridgehead atoms. The SMILES string of the molecule is Cc1cc(C)c2nc(-n3ncc(C#N)c3NC(=O)c3ccn4cc(-c5ccccc5)nc4c3)cc(C)c2c1. The van der Waals surface area contributed by atoms with Gasteiger partial charge in [0.05, 0.1) is 17.4 Å². The van der Waals surface area contributed by atoms with Gasteiger partial charge >= 0.3 is 0 Å². The highest BCUT2D eigenvalue weighted by Gasteiger charge is 2.19. The van der Waals surface area contributed by atoms with Crippen molar-refractivity contribution in [2.75, 3.05) is 5.32 Å². The van der Waals surface area contributed by atoms with Gasteiger partial charge in [0.25, 0.3) is 5.91 Å². The van der Waals surface area contributed by atoms with Crippen LogP contribution in [0.3, 0.4) is 0 Å². The van der Waals surface area contributed by atoms with Crippen LogP contribution in [0.2, 0.25) is 0 Å². The highest BCUT2D eigenvalue weighted by Crippen LogP contribution is 2.27. The molecule has 0 aliphatic carbocycles. The minimum atomic E-state index is -0.376. The van der Waals surface area contributed by atoms with E-state index in [9.17, 15) is 10.1 Å². The van der Waals surface area contributed by atoms with Gasteiger partial charge < -0.3 is 9.72 Å². The molecule has 1 N–H and O–H groups in total. The monoisotopic (exact) mass is 497 g/mol. The van der Waals surface area contributed by atoms with Crippen molar-refractivity contribution >= 4 is 28.3 Å². The maximum Gasteiger partial charge on any atom is 0.257 e. The Balaban J connectivity index is 1.37. The van der Waals surface area contributed by atoms with Crippen molar-refractivity contribution < 1.29 is 4.79 Å². The first-order valence-electron chi connectivity index (χ1n) is 12.1. The van der Waals surface area contributed by atoms with Gasteiger partial charge in [-0.15, -0.1) is 0 Å². The van der Waals surface area contributed by atoms with Crippen LogP contribution in [0.15, 0.2) is 79.3 Å². The Hall–Kier alpha value is -5.29. The van der Waals surface area contributed by atoms with Crippen LogP contribution in [-0.2, 0) is 0 Å². The van der Waals surface area contributed by atoms with Gasteiger partial charge in [0.1, 0.15) is 17.3 Å². The van der Waals surface area contributed by atoms with Crippen molar-refractivity contribution in [1.82, 2.24) is 24.1 Å². The second-order valence-electron chi connectivity index (χ2n) is 9.33. The van der Waals surface area contributed by atoms with Gasteiger partial charge in [-0.3, -0.25) is 4.79 Å². The summed E-state index contributed by atoms with van der Waals surface area (Å²) in [4.78, 5) is 22.8. The number of nitriles is 1. The lowest BCUT2D eigenvalue weighted by Gasteiger charge is -2.13. The van der Waals surface area contributed by atoms with Gasteiger partial charge in [-0.2, -0.15) is 15.0 Å². The lowest BCUT2D eigenvalue weighted by Crippen LogP contribution is -2.17. The Kier molecular flexibility index (Phi) is 5.47. The molecule has 0 saturated heterocycles. The quantitative estimate of drug-likeness (QED) is 0.332. The minimum Gasteiger partial charge on any atom is -0.306 e. The van der Waals surface area contributed by atoms with E-state index in [1.165, 1.54) is 10.9 Å². The molecule has 2 aromatic carbocycles. The number of pyridine rings is 2. The second-order valence-corrected chi connectivity index (χ2v) is 9.33. The minimum absolute atomic E-state index is 0.242. The summed E-state index contributed by atoms with van der Waals surface area (Å²) in [6.45, 7) is 6.10. The molecule has 0 unspecified atom stereocenters. The van der Waals surface area contributed by atoms with Crippen LogP contribution in [0, 0.1) is 32.1 Å². The van der Waals surface area contributed by atoms with Gasteiger partial charge in [0, 0.05) is 28.9 Å². The van der Waals surface area contributed by atoms with E-state index in [0.29, 0.717) is 17.0 Å². The number of hydrogen-bond acceptors (Lipinski definition) is 5. The molecular weight excluding hydrogens is 474 g/mol. The standard InChI is InChI=1S/C30H23N7O/c1-18-11-20(3)28-24(12-18)19(2)13-27(34-28)37-29(23(15-31)16-32-37)35-30(38)22-9-10-36-17-25(33-26(36)14-22)21-7-5-4-6-8-21/h4-14,16-17H,1-3H3,(H,35,38). The zero-order valence-corrected chi connectivity index (χ0v) is 21.1. The molecule has 6 rings (SSSR count). The van der Waals surface area contributed by atoms with E-state index in [1.807, 2.05) is 60.8 Å². The zero-order chi connectivity index (χ0) is 26.4. The number of carbonyl (C=O) groups is 1. The molecule has 0 aliphatic heterocycles. The number of amides is 1. The van der Waals surface area contributed by atoms with Crippen LogP contribution in [0.4, 0.5) is 5.82 Å². The van der Waals surface area contributed by atoms with E-state index in [4.69, 9.17) is 4.98 Å². The van der Waals surface area contributed by atoms with Gasteiger partial charge in [0.2, 0.25) is 0 Å². The van der Waals surface area contributed by atoms with Crippen LogP contribution in [0.1, 0.15) is 32.6 Å². The van der Waals surface area contributed by atoms with Crippen molar-refractivity contribution in [1.29, 1.82) is 5.26 Å². The number of aromatic nitrogens is 5. The van der Waals surface area contributed by atoms with E-state index in [0.717, 1.165) is 38.9 Å². The fraction of sp³-hybridized carbons (Fsp3) is 0.100. The number of benzene rings is 2. The maximum atomic E-state index is 13.3. The average molecular weight is 498 g/mol. The third-order valence-electron chi connectivity index (χ3n) is 6.57. The van der Waals surface area contributed by atoms with Crippen molar-refractivity contribution in [2.45, 2.75) is 20.8 Å². The zero-order valence-electron chi connectivity index (χ0n) is 21.1. The first-order valence-corrected chi connectivity index (χ1v) is 12.1. The molecule has 0 saturated carbocycles. The molecule has 0 radical (unpaired) electrons. The van der Waals surface area contributed by atoms with E-state index in [1.54, 1.807) is 18.3 Å². The number of aryl methyl sites for hydroxylation is 3. The molecule has 8 nitrogen and oxygen atoms in total. The Morgan fingerprint density at radius 3 is 2.58 bits per heavy atom. The number of nitrogens with one attached hydrogen (secondary N) is 1. The van der Waals surface area contributed by atoms with Crippen molar-refractivity contribution in [2.24, 2.45) is 0 Å². The molecular formula is C30H23N7O. The number of anilines is 1. The molecule has 0 fully saturated rings. The predicted octanol–water partition coefficient (Wildman–Crippen LogP) is 5.78. The molecule has 0 spiro atoms. The highest BCUT2D eigenvalue weighted by atomic mass is 16.1. The summed E-state index contributed by atoms with van der Waals surface area (Å²) < 4.78 is 3.37. The second kappa shape index (κ2) is 8.98. The molecule has 184 valence electrons. The molecule has 0 atom stereocenters. The van der Waals surface area contributed by atoms with Gasteiger partial charge in [-0.25, -0.2) is 9.97 Å². The molecule has 4 heterocycles. The maximum absolute atomic E-state index is 13.3. The summed E-state index contributed by atoms with van der Waals surface area (Å²) >= 11 is 0. The van der Waals surface area contributed by atoms with E-state index in [-0.39, 0.29) is 17.3 Å². The fourth-order valence-electron chi connectivity index (χ4n) is 4.71. The lowest BCUT2D eigenvalue weighted by atomic mass is 10.0. The molecule has 4 aromatic heterocycles. The van der Waals surface area contributed by atoms with Crippen LogP contribution in [0.5, 0.6) is 0 Å². The predicted molar refractivity (Wildman–Crippen MR) is 146 cm³/mol. The summed E-state index contributed by atoms with van der Waals surface area (Å²) in [6.07, 6.45) is 5.15. The smallest absolute Gasteiger partial charge is 0.257 e. The highest BCUT2D eigenvalue weighted by molar-refractivity contribution is 6.05. The lowest BCUT2D eigenvalue weighted by molar-refractivity contribution is 0.102. The molecule has 8 heteroatoms. The summed E-state index contributed by atoms with van der Waals surface area (Å²) in [7, 11) is 0. The fourth-order valence-corrected chi connectivity index (χ4v) is 4.71. The Morgan fingerprint density at radius 1 is 0.974 bits per heavy atom. The van der Waals surface area contributed by atoms with E-state index in [2.05, 4.69) is 40.5 Å². The number of imidazole rings is 1. The summed E-state index contributed by atoms with van der Waals surface area (Å²) in [5.41, 5.74) is 7.20. The number of fused-ring (bicyclic) bond motifs is 2. The van der Waals surface area contributed by atoms with Crippen molar-refractivity contribution in [3.63, 3.8) is 0 Å². The number of hydrogen-bond donors (Lipinski definition) is 1. The van der Waals surface area contributed by atoms with E-state index >= 15 is 0 Å². The first-order chi connectivity index (χ1) is 18.4. The van der Waals surface area contributed by atoms with Gasteiger partial charge in [0.15, 0.2) is 11.6 Å². The summed E-state index contributed by atoms with van der Waals surface area (Å²) in [5, 5.41) is 18.1. The van der Waals surface area contributed by atoms with E-state index < -0.39 is 0 Å². The average Bonchev–Trinajstić information content (AvgIpc) is 3.53. The molecule has 1 amide bonds.